The van der Waals surface area contributed by atoms with E-state index in [0.29, 0.717) is 30.0 Å². The number of hydrogen-bond donors (Lipinski definition) is 1. The molecule has 4 aromatic rings. The number of methoxy groups -OCH3 is 2. The van der Waals surface area contributed by atoms with Crippen molar-refractivity contribution >= 4 is 22.9 Å². The van der Waals surface area contributed by atoms with Crippen molar-refractivity contribution in [1.82, 2.24) is 24.2 Å². The van der Waals surface area contributed by atoms with E-state index < -0.39 is 34.9 Å². The van der Waals surface area contributed by atoms with Crippen LogP contribution in [0.2, 0.25) is 0 Å². The molecule has 0 bridgehead atoms. The number of carbonyl (C=O) groups excluding carboxylic acids is 1. The molecule has 0 unspecified atom stereocenters. The number of imidazole rings is 1. The first-order valence-corrected chi connectivity index (χ1v) is 15.8. The molecule has 1 aliphatic heterocycles. The molecular formula is C35H37F2N7O4. The lowest BCUT2D eigenvalue weighted by atomic mass is 10.1. The number of likely N-dealkylation sites (tertiary alicyclic amines) is 1. The molecule has 6 rings (SSSR count). The van der Waals surface area contributed by atoms with Crippen LogP contribution in [0.3, 0.4) is 0 Å². The molecule has 1 aliphatic carbocycles. The fourth-order valence-electron chi connectivity index (χ4n) is 5.93. The highest BCUT2D eigenvalue weighted by Crippen LogP contribution is 2.38. The maximum Gasteiger partial charge on any atom is 0.410 e. The summed E-state index contributed by atoms with van der Waals surface area (Å²) in [6.45, 7) is 6.20. The van der Waals surface area contributed by atoms with Crippen LogP contribution in [0.15, 0.2) is 36.7 Å². The van der Waals surface area contributed by atoms with Crippen LogP contribution >= 0.6 is 0 Å². The average molecular weight is 658 g/mol. The first-order chi connectivity index (χ1) is 23.0. The van der Waals surface area contributed by atoms with Gasteiger partial charge in [-0.05, 0) is 63.7 Å². The summed E-state index contributed by atoms with van der Waals surface area (Å²) < 4.78 is 50.6. The summed E-state index contributed by atoms with van der Waals surface area (Å²) in [5.74, 6) is 4.74. The SMILES string of the molecule is COC[C@H]1C[C@H](n2nc(C#Cc3c(F)cc4c(ncn4C4CC4)c3F)c(C#N)c2NCc2ccc(OC)cc2)CN1C(=O)OC(C)(C)C. The first-order valence-electron chi connectivity index (χ1n) is 15.8. The minimum absolute atomic E-state index is 0.0381. The monoisotopic (exact) mass is 657 g/mol. The van der Waals surface area contributed by atoms with Gasteiger partial charge in [0.2, 0.25) is 0 Å². The van der Waals surface area contributed by atoms with Gasteiger partial charge in [-0.1, -0.05) is 18.1 Å². The van der Waals surface area contributed by atoms with Crippen LogP contribution in [-0.2, 0) is 16.0 Å². The van der Waals surface area contributed by atoms with E-state index in [1.165, 1.54) is 12.4 Å². The standard InChI is InChI=1S/C35H37F2N7O4/c1-35(2,3)48-34(45)42-18-23(14-24(42)19-46-4)44-33(39-17-21-6-10-25(47-5)11-7-21)27(16-38)29(41-44)13-12-26-28(36)15-30-32(31(26)37)40-20-43(30)22-8-9-22/h6-7,10-11,15,20,22-24,39H,8-9,14,17-19H2,1-5H3/t23-,24+/m0/s1. The number of amides is 1. The van der Waals surface area contributed by atoms with Gasteiger partial charge in [0.1, 0.15) is 40.1 Å². The van der Waals surface area contributed by atoms with Crippen molar-refractivity contribution in [2.45, 2.75) is 70.3 Å². The zero-order valence-electron chi connectivity index (χ0n) is 27.5. The van der Waals surface area contributed by atoms with Crippen molar-refractivity contribution in [2.24, 2.45) is 0 Å². The predicted octanol–water partition coefficient (Wildman–Crippen LogP) is 5.93. The van der Waals surface area contributed by atoms with E-state index >= 15 is 8.78 Å². The molecule has 2 fully saturated rings. The van der Waals surface area contributed by atoms with Gasteiger partial charge in [-0.25, -0.2) is 23.2 Å². The molecule has 1 saturated carbocycles. The highest BCUT2D eigenvalue weighted by atomic mass is 19.1. The molecule has 11 nitrogen and oxygen atoms in total. The molecule has 13 heteroatoms. The molecule has 3 heterocycles. The lowest BCUT2D eigenvalue weighted by Gasteiger charge is -2.28. The van der Waals surface area contributed by atoms with Gasteiger partial charge in [0, 0.05) is 32.3 Å². The zero-order chi connectivity index (χ0) is 34.2. The summed E-state index contributed by atoms with van der Waals surface area (Å²) in [5.41, 5.74) is 0.314. The van der Waals surface area contributed by atoms with Gasteiger partial charge < -0.3 is 29.0 Å². The number of nitrogens with one attached hydrogen (secondary N) is 1. The molecule has 2 aromatic carbocycles. The van der Waals surface area contributed by atoms with Crippen molar-refractivity contribution in [3.05, 3.63) is 70.7 Å². The average Bonchev–Trinajstić information content (AvgIpc) is 3.50. The van der Waals surface area contributed by atoms with Crippen LogP contribution in [-0.4, -0.2) is 69.3 Å². The topological polar surface area (TPSA) is 119 Å². The Kier molecular flexibility index (Phi) is 8.99. The Bertz CT molecular complexity index is 1940. The van der Waals surface area contributed by atoms with Crippen LogP contribution < -0.4 is 10.1 Å². The minimum atomic E-state index is -0.862. The molecule has 1 saturated heterocycles. The smallest absolute Gasteiger partial charge is 0.410 e. The Labute approximate surface area is 277 Å². The molecule has 0 radical (unpaired) electrons. The van der Waals surface area contributed by atoms with Gasteiger partial charge in [0.25, 0.3) is 0 Å². The minimum Gasteiger partial charge on any atom is -0.497 e. The molecule has 1 amide bonds. The van der Waals surface area contributed by atoms with E-state index in [0.717, 1.165) is 18.4 Å². The van der Waals surface area contributed by atoms with Crippen molar-refractivity contribution < 1.29 is 27.8 Å². The number of fused-ring (bicyclic) bond motifs is 1. The van der Waals surface area contributed by atoms with Crippen LogP contribution in [0.5, 0.6) is 5.75 Å². The molecule has 250 valence electrons. The molecular weight excluding hydrogens is 620 g/mol. The van der Waals surface area contributed by atoms with Crippen LogP contribution in [0, 0.1) is 34.8 Å². The van der Waals surface area contributed by atoms with Crippen molar-refractivity contribution in [3.63, 3.8) is 0 Å². The highest BCUT2D eigenvalue weighted by Gasteiger charge is 2.40. The van der Waals surface area contributed by atoms with Gasteiger partial charge in [-0.2, -0.15) is 10.4 Å². The number of hydrogen-bond acceptors (Lipinski definition) is 8. The van der Waals surface area contributed by atoms with E-state index in [-0.39, 0.29) is 42.0 Å². The second-order valence-electron chi connectivity index (χ2n) is 13.0. The quantitative estimate of drug-likeness (QED) is 0.232. The molecule has 48 heavy (non-hydrogen) atoms. The summed E-state index contributed by atoms with van der Waals surface area (Å²) in [6, 6.07) is 10.3. The lowest BCUT2D eigenvalue weighted by molar-refractivity contribution is 0.0145. The molecule has 2 atom stereocenters. The number of nitrogens with zero attached hydrogens (tertiary/aromatic N) is 6. The van der Waals surface area contributed by atoms with E-state index in [4.69, 9.17) is 19.3 Å². The maximum atomic E-state index is 15.6. The maximum absolute atomic E-state index is 15.6. The summed E-state index contributed by atoms with van der Waals surface area (Å²) in [5, 5.41) is 18.4. The Morgan fingerprint density at radius 2 is 1.85 bits per heavy atom. The van der Waals surface area contributed by atoms with Gasteiger partial charge in [-0.15, -0.1) is 0 Å². The first kappa shape index (κ1) is 32.8. The molecule has 0 spiro atoms. The number of rotatable bonds is 8. The summed E-state index contributed by atoms with van der Waals surface area (Å²) >= 11 is 0. The van der Waals surface area contributed by atoms with Gasteiger partial charge in [0.15, 0.2) is 11.5 Å². The van der Waals surface area contributed by atoms with Gasteiger partial charge >= 0.3 is 6.09 Å². The largest absolute Gasteiger partial charge is 0.497 e. The van der Waals surface area contributed by atoms with Crippen LogP contribution in [0.25, 0.3) is 11.0 Å². The number of nitriles is 1. The number of halogens is 2. The Morgan fingerprint density at radius 1 is 1.10 bits per heavy atom. The fourth-order valence-corrected chi connectivity index (χ4v) is 5.93. The lowest BCUT2D eigenvalue weighted by Crippen LogP contribution is -2.41. The molecule has 2 aliphatic rings. The van der Waals surface area contributed by atoms with Crippen molar-refractivity contribution in [2.75, 3.05) is 32.7 Å². The molecule has 2 aromatic heterocycles. The van der Waals surface area contributed by atoms with Gasteiger partial charge in [-0.3, -0.25) is 0 Å². The Balaban J connectivity index is 1.38. The van der Waals surface area contributed by atoms with E-state index in [2.05, 4.69) is 28.2 Å². The van der Waals surface area contributed by atoms with Crippen LogP contribution in [0.1, 0.15) is 74.5 Å². The zero-order valence-corrected chi connectivity index (χ0v) is 27.5. The fraction of sp³-hybridized carbons (Fsp3) is 0.429. The highest BCUT2D eigenvalue weighted by molar-refractivity contribution is 5.79. The van der Waals surface area contributed by atoms with Crippen molar-refractivity contribution in [1.29, 1.82) is 5.26 Å². The third kappa shape index (κ3) is 6.64. The number of ether oxygens (including phenoxy) is 3. The Hall–Kier alpha value is -5.14. The summed E-state index contributed by atoms with van der Waals surface area (Å²) in [4.78, 5) is 19.0. The summed E-state index contributed by atoms with van der Waals surface area (Å²) in [6.07, 6.45) is 3.36. The van der Waals surface area contributed by atoms with E-state index in [1.54, 1.807) is 49.1 Å². The second-order valence-corrected chi connectivity index (χ2v) is 13.0. The van der Waals surface area contributed by atoms with Crippen molar-refractivity contribution in [3.8, 4) is 23.7 Å². The number of benzene rings is 2. The number of anilines is 1. The van der Waals surface area contributed by atoms with E-state index in [1.807, 2.05) is 24.3 Å². The third-order valence-electron chi connectivity index (χ3n) is 8.37. The normalized spacial score (nSPS) is 17.6. The third-order valence-corrected chi connectivity index (χ3v) is 8.37. The van der Waals surface area contributed by atoms with E-state index in [9.17, 15) is 10.1 Å². The van der Waals surface area contributed by atoms with Gasteiger partial charge in [0.05, 0.1) is 43.2 Å². The Morgan fingerprint density at radius 3 is 2.50 bits per heavy atom. The summed E-state index contributed by atoms with van der Waals surface area (Å²) in [7, 11) is 3.15. The molecule has 1 N–H and O–H groups in total. The second kappa shape index (κ2) is 13.2. The number of carbonyl (C=O) groups is 1. The van der Waals surface area contributed by atoms with Crippen LogP contribution in [0.4, 0.5) is 19.4 Å². The number of aromatic nitrogens is 4. The predicted molar refractivity (Wildman–Crippen MR) is 173 cm³/mol.